The Morgan fingerprint density at radius 2 is 1.97 bits per heavy atom. The van der Waals surface area contributed by atoms with Gasteiger partial charge >= 0.3 is 0 Å². The molecule has 0 fully saturated rings. The molecular formula is C26H39N3O2. The number of ether oxygens (including phenoxy) is 1. The SMILES string of the molecule is CCC(C)N(C=O)CC1=CC(C)N(CCCCOC)/N=C(/c2ccccc2)C(C)C=C1. The second kappa shape index (κ2) is 13.1. The summed E-state index contributed by atoms with van der Waals surface area (Å²) >= 11 is 0. The molecule has 170 valence electrons. The van der Waals surface area contributed by atoms with E-state index in [1.54, 1.807) is 7.11 Å². The van der Waals surface area contributed by atoms with E-state index < -0.39 is 0 Å². The molecule has 1 aliphatic heterocycles. The highest BCUT2D eigenvalue weighted by Gasteiger charge is 2.19. The number of methoxy groups -OCH3 is 1. The molecule has 1 amide bonds. The van der Waals surface area contributed by atoms with Crippen LogP contribution in [0.2, 0.25) is 0 Å². The lowest BCUT2D eigenvalue weighted by atomic mass is 9.97. The number of amides is 1. The van der Waals surface area contributed by atoms with Gasteiger partial charge in [-0.2, -0.15) is 5.10 Å². The van der Waals surface area contributed by atoms with Crippen molar-refractivity contribution in [2.24, 2.45) is 11.0 Å². The van der Waals surface area contributed by atoms with Crippen molar-refractivity contribution in [1.82, 2.24) is 9.91 Å². The molecule has 5 nitrogen and oxygen atoms in total. The summed E-state index contributed by atoms with van der Waals surface area (Å²) in [5.41, 5.74) is 3.36. The van der Waals surface area contributed by atoms with Crippen molar-refractivity contribution in [3.63, 3.8) is 0 Å². The normalized spacial score (nSPS) is 21.9. The summed E-state index contributed by atoms with van der Waals surface area (Å²) in [6.45, 7) is 10.8. The smallest absolute Gasteiger partial charge is 0.210 e. The number of rotatable bonds is 11. The summed E-state index contributed by atoms with van der Waals surface area (Å²) < 4.78 is 5.22. The van der Waals surface area contributed by atoms with Crippen LogP contribution in [0.4, 0.5) is 0 Å². The van der Waals surface area contributed by atoms with E-state index in [1.807, 2.05) is 11.0 Å². The molecule has 1 heterocycles. The van der Waals surface area contributed by atoms with Crippen LogP contribution in [0.5, 0.6) is 0 Å². The van der Waals surface area contributed by atoms with Gasteiger partial charge in [-0.05, 0) is 44.2 Å². The van der Waals surface area contributed by atoms with Crippen LogP contribution in [-0.4, -0.2) is 60.9 Å². The summed E-state index contributed by atoms with van der Waals surface area (Å²) in [5, 5.41) is 7.33. The standard InChI is InChI=1S/C26H39N3O2/c1-6-22(3)28(20-30)19-24-15-14-21(2)26(25-12-8-7-9-13-25)27-29(23(4)18-24)16-10-11-17-31-5/h7-9,12-15,18,20-23H,6,10-11,16-17,19H2,1-5H3/b15-14?,24-18?,27-26+. The molecule has 1 aromatic carbocycles. The minimum Gasteiger partial charge on any atom is -0.385 e. The number of allylic oxidation sites excluding steroid dienone is 1. The molecule has 0 N–H and O–H groups in total. The molecule has 3 unspecified atom stereocenters. The number of hydrazone groups is 1. The van der Waals surface area contributed by atoms with Crippen molar-refractivity contribution in [3.8, 4) is 0 Å². The van der Waals surface area contributed by atoms with Crippen LogP contribution in [-0.2, 0) is 9.53 Å². The topological polar surface area (TPSA) is 45.1 Å². The van der Waals surface area contributed by atoms with Crippen LogP contribution in [0.3, 0.4) is 0 Å². The Kier molecular flexibility index (Phi) is 10.5. The van der Waals surface area contributed by atoms with E-state index in [2.05, 4.69) is 75.2 Å². The summed E-state index contributed by atoms with van der Waals surface area (Å²) in [6, 6.07) is 10.7. The van der Waals surface area contributed by atoms with Gasteiger partial charge in [0, 0.05) is 38.8 Å². The average molecular weight is 426 g/mol. The van der Waals surface area contributed by atoms with E-state index in [4.69, 9.17) is 9.84 Å². The van der Waals surface area contributed by atoms with Crippen molar-refractivity contribution < 1.29 is 9.53 Å². The number of hydrogen-bond acceptors (Lipinski definition) is 4. The first kappa shape index (κ1) is 24.9. The molecule has 0 aromatic heterocycles. The third-order valence-electron chi connectivity index (χ3n) is 5.90. The Hall–Kier alpha value is -2.40. The van der Waals surface area contributed by atoms with Gasteiger partial charge in [0.25, 0.3) is 0 Å². The molecule has 0 radical (unpaired) electrons. The van der Waals surface area contributed by atoms with Gasteiger partial charge in [-0.15, -0.1) is 0 Å². The lowest BCUT2D eigenvalue weighted by Gasteiger charge is -2.28. The minimum atomic E-state index is 0.122. The average Bonchev–Trinajstić information content (AvgIpc) is 2.84. The van der Waals surface area contributed by atoms with Crippen molar-refractivity contribution in [2.45, 2.75) is 59.0 Å². The molecule has 1 aromatic rings. The first-order valence-corrected chi connectivity index (χ1v) is 11.5. The van der Waals surface area contributed by atoms with E-state index in [0.717, 1.165) is 55.7 Å². The largest absolute Gasteiger partial charge is 0.385 e. The number of hydrogen-bond donors (Lipinski definition) is 0. The molecule has 1 aliphatic rings. The zero-order chi connectivity index (χ0) is 22.6. The highest BCUT2D eigenvalue weighted by molar-refractivity contribution is 6.03. The predicted octanol–water partition coefficient (Wildman–Crippen LogP) is 4.90. The van der Waals surface area contributed by atoms with Gasteiger partial charge in [0.2, 0.25) is 6.41 Å². The summed E-state index contributed by atoms with van der Waals surface area (Å²) in [5.74, 6) is 0.158. The number of benzene rings is 1. The Morgan fingerprint density at radius 1 is 1.23 bits per heavy atom. The highest BCUT2D eigenvalue weighted by atomic mass is 16.5. The van der Waals surface area contributed by atoms with Crippen molar-refractivity contribution >= 4 is 12.1 Å². The fraction of sp³-hybridized carbons (Fsp3) is 0.538. The van der Waals surface area contributed by atoms with Crippen LogP contribution in [0.25, 0.3) is 0 Å². The number of carbonyl (C=O) groups is 1. The molecule has 3 atom stereocenters. The quantitative estimate of drug-likeness (QED) is 0.374. The van der Waals surface area contributed by atoms with Gasteiger partial charge in [0.05, 0.1) is 11.8 Å². The van der Waals surface area contributed by atoms with Crippen LogP contribution < -0.4 is 0 Å². The molecule has 0 saturated heterocycles. The van der Waals surface area contributed by atoms with Gasteiger partial charge < -0.3 is 9.64 Å². The molecule has 0 spiro atoms. The molecule has 31 heavy (non-hydrogen) atoms. The van der Waals surface area contributed by atoms with Crippen LogP contribution >= 0.6 is 0 Å². The number of unbranched alkanes of at least 4 members (excludes halogenated alkanes) is 1. The summed E-state index contributed by atoms with van der Waals surface area (Å²) in [7, 11) is 1.74. The second-order valence-electron chi connectivity index (χ2n) is 8.38. The number of carbonyl (C=O) groups excluding carboxylic acids is 1. The zero-order valence-corrected chi connectivity index (χ0v) is 19.8. The fourth-order valence-electron chi connectivity index (χ4n) is 3.68. The lowest BCUT2D eigenvalue weighted by Crippen LogP contribution is -2.34. The van der Waals surface area contributed by atoms with E-state index in [1.165, 1.54) is 0 Å². The monoisotopic (exact) mass is 425 g/mol. The van der Waals surface area contributed by atoms with Gasteiger partial charge in [-0.3, -0.25) is 9.80 Å². The molecule has 0 saturated carbocycles. The van der Waals surface area contributed by atoms with Gasteiger partial charge in [-0.25, -0.2) is 0 Å². The molecule has 0 aliphatic carbocycles. The zero-order valence-electron chi connectivity index (χ0n) is 19.8. The van der Waals surface area contributed by atoms with Gasteiger partial charge in [0.1, 0.15) is 0 Å². The van der Waals surface area contributed by atoms with Crippen LogP contribution in [0, 0.1) is 5.92 Å². The van der Waals surface area contributed by atoms with Gasteiger partial charge in [-0.1, -0.05) is 62.4 Å². The molecule has 5 heteroatoms. The Bertz CT molecular complexity index is 757. The van der Waals surface area contributed by atoms with E-state index in [9.17, 15) is 4.79 Å². The van der Waals surface area contributed by atoms with Crippen molar-refractivity contribution in [1.29, 1.82) is 0 Å². The first-order valence-electron chi connectivity index (χ1n) is 11.5. The Morgan fingerprint density at radius 3 is 2.61 bits per heavy atom. The molecular weight excluding hydrogens is 386 g/mol. The van der Waals surface area contributed by atoms with Crippen LogP contribution in [0.1, 0.15) is 52.5 Å². The maximum Gasteiger partial charge on any atom is 0.210 e. The van der Waals surface area contributed by atoms with E-state index >= 15 is 0 Å². The maximum absolute atomic E-state index is 11.7. The van der Waals surface area contributed by atoms with Gasteiger partial charge in [0.15, 0.2) is 0 Å². The van der Waals surface area contributed by atoms with Crippen LogP contribution in [0.15, 0.2) is 59.2 Å². The predicted molar refractivity (Wildman–Crippen MR) is 129 cm³/mol. The summed E-state index contributed by atoms with van der Waals surface area (Å²) in [6.07, 6.45) is 10.6. The Labute approximate surface area is 188 Å². The first-order chi connectivity index (χ1) is 15.0. The van der Waals surface area contributed by atoms with Crippen molar-refractivity contribution in [2.75, 3.05) is 26.8 Å². The Balaban J connectivity index is 2.36. The third-order valence-corrected chi connectivity index (χ3v) is 5.90. The number of nitrogens with zero attached hydrogens (tertiary/aromatic N) is 3. The lowest BCUT2D eigenvalue weighted by molar-refractivity contribution is -0.119. The molecule has 0 bridgehead atoms. The third kappa shape index (κ3) is 7.66. The fourth-order valence-corrected chi connectivity index (χ4v) is 3.68. The van der Waals surface area contributed by atoms with E-state index in [0.29, 0.717) is 6.54 Å². The highest BCUT2D eigenvalue weighted by Crippen LogP contribution is 2.20. The van der Waals surface area contributed by atoms with E-state index in [-0.39, 0.29) is 18.0 Å². The summed E-state index contributed by atoms with van der Waals surface area (Å²) in [4.78, 5) is 13.6. The molecule has 2 rings (SSSR count). The minimum absolute atomic E-state index is 0.122. The van der Waals surface area contributed by atoms with Crippen molar-refractivity contribution in [3.05, 3.63) is 59.7 Å². The second-order valence-corrected chi connectivity index (χ2v) is 8.38. The maximum atomic E-state index is 11.7.